The Hall–Kier alpha value is -4.78. The molecule has 1 amide bonds. The summed E-state index contributed by atoms with van der Waals surface area (Å²) in [5, 5.41) is 9.74. The quantitative estimate of drug-likeness (QED) is 0.361. The Labute approximate surface area is 205 Å². The molecule has 2 aromatic carbocycles. The number of fused-ring (bicyclic) bond motifs is 1. The van der Waals surface area contributed by atoms with E-state index in [1.165, 1.54) is 12.4 Å². The summed E-state index contributed by atoms with van der Waals surface area (Å²) in [5.41, 5.74) is 2.87. The molecule has 2 aromatic heterocycles. The van der Waals surface area contributed by atoms with Crippen LogP contribution in [0, 0.1) is 23.5 Å². The molecule has 3 N–H and O–H groups in total. The Bertz CT molecular complexity index is 1570. The standard InChI is InChI=1S/C26H22F2N6O2/c1-29-23-13-33-22-8-6-16(10-18(22)24(23)30-2)4-3-9-32-25(35)19-12-31-15-34(26(19)36)14-17-5-7-20(27)21(28)11-17/h5-8,10-13,15,29H,9,14H2,1-2H3,(H,30,33)(H,32,35). The minimum Gasteiger partial charge on any atom is -0.386 e. The van der Waals surface area contributed by atoms with Crippen molar-refractivity contribution in [2.24, 2.45) is 0 Å². The number of benzene rings is 2. The topological polar surface area (TPSA) is 101 Å². The van der Waals surface area contributed by atoms with Crippen molar-refractivity contribution in [2.75, 3.05) is 31.3 Å². The molecule has 182 valence electrons. The van der Waals surface area contributed by atoms with Crippen molar-refractivity contribution in [1.29, 1.82) is 0 Å². The number of aromatic nitrogens is 3. The summed E-state index contributed by atoms with van der Waals surface area (Å²) in [4.78, 5) is 33.6. The van der Waals surface area contributed by atoms with Crippen LogP contribution in [0.3, 0.4) is 0 Å². The first-order chi connectivity index (χ1) is 17.4. The fraction of sp³-hybridized carbons (Fsp3) is 0.154. The molecule has 4 rings (SSSR count). The Morgan fingerprint density at radius 2 is 1.89 bits per heavy atom. The van der Waals surface area contributed by atoms with Crippen LogP contribution in [-0.2, 0) is 6.54 Å². The molecule has 8 nitrogen and oxygen atoms in total. The zero-order valence-electron chi connectivity index (χ0n) is 19.5. The highest BCUT2D eigenvalue weighted by atomic mass is 19.2. The lowest BCUT2D eigenvalue weighted by molar-refractivity contribution is 0.0956. The lowest BCUT2D eigenvalue weighted by Gasteiger charge is -2.11. The predicted octanol–water partition coefficient (Wildman–Crippen LogP) is 2.98. The van der Waals surface area contributed by atoms with Gasteiger partial charge in [-0.05, 0) is 35.9 Å². The molecule has 36 heavy (non-hydrogen) atoms. The Morgan fingerprint density at radius 3 is 2.64 bits per heavy atom. The number of halogens is 2. The van der Waals surface area contributed by atoms with Gasteiger partial charge in [-0.2, -0.15) is 0 Å². The van der Waals surface area contributed by atoms with Gasteiger partial charge in [0.15, 0.2) is 11.6 Å². The average molecular weight is 488 g/mol. The number of hydrogen-bond donors (Lipinski definition) is 3. The van der Waals surface area contributed by atoms with Gasteiger partial charge in [-0.1, -0.05) is 17.9 Å². The number of carbonyl (C=O) groups excluding carboxylic acids is 1. The molecule has 0 aliphatic rings. The molecule has 10 heteroatoms. The molecule has 2 heterocycles. The van der Waals surface area contributed by atoms with Crippen molar-refractivity contribution in [3.8, 4) is 11.8 Å². The number of nitrogens with one attached hydrogen (secondary N) is 3. The molecular weight excluding hydrogens is 466 g/mol. The van der Waals surface area contributed by atoms with Crippen molar-refractivity contribution in [1.82, 2.24) is 19.9 Å². The summed E-state index contributed by atoms with van der Waals surface area (Å²) < 4.78 is 27.8. The number of nitrogens with zero attached hydrogens (tertiary/aromatic N) is 3. The molecule has 0 spiro atoms. The molecule has 0 radical (unpaired) electrons. The average Bonchev–Trinajstić information content (AvgIpc) is 2.89. The van der Waals surface area contributed by atoms with E-state index >= 15 is 0 Å². The summed E-state index contributed by atoms with van der Waals surface area (Å²) in [6, 6.07) is 8.93. The third kappa shape index (κ3) is 5.15. The minimum absolute atomic E-state index is 0.00205. The van der Waals surface area contributed by atoms with Gasteiger partial charge in [0.05, 0.1) is 42.5 Å². The van der Waals surface area contributed by atoms with Crippen LogP contribution in [-0.4, -0.2) is 41.1 Å². The fourth-order valence-electron chi connectivity index (χ4n) is 3.65. The first-order valence-electron chi connectivity index (χ1n) is 10.9. The van der Waals surface area contributed by atoms with E-state index in [4.69, 9.17) is 0 Å². The van der Waals surface area contributed by atoms with Crippen LogP contribution in [0.1, 0.15) is 21.5 Å². The van der Waals surface area contributed by atoms with Crippen LogP contribution in [0.25, 0.3) is 10.9 Å². The van der Waals surface area contributed by atoms with Gasteiger partial charge in [-0.3, -0.25) is 19.1 Å². The Morgan fingerprint density at radius 1 is 1.06 bits per heavy atom. The van der Waals surface area contributed by atoms with Gasteiger partial charge in [0.1, 0.15) is 5.56 Å². The third-order valence-electron chi connectivity index (χ3n) is 5.44. The number of pyridine rings is 1. The second-order valence-electron chi connectivity index (χ2n) is 7.75. The molecular formula is C26H22F2N6O2. The van der Waals surface area contributed by atoms with E-state index in [-0.39, 0.29) is 18.7 Å². The van der Waals surface area contributed by atoms with E-state index in [1.807, 2.05) is 32.3 Å². The number of rotatable bonds is 6. The van der Waals surface area contributed by atoms with Crippen LogP contribution in [0.2, 0.25) is 0 Å². The number of anilines is 2. The summed E-state index contributed by atoms with van der Waals surface area (Å²) >= 11 is 0. The molecule has 0 aliphatic carbocycles. The van der Waals surface area contributed by atoms with Crippen molar-refractivity contribution in [3.63, 3.8) is 0 Å². The SMILES string of the molecule is CNc1cnc2ccc(C#CCNC(=O)c3cncn(Cc4ccc(F)c(F)c4)c3=O)cc2c1NC. The van der Waals surface area contributed by atoms with Crippen LogP contribution in [0.4, 0.5) is 20.2 Å². The Kier molecular flexibility index (Phi) is 7.20. The zero-order chi connectivity index (χ0) is 25.7. The molecule has 0 bridgehead atoms. The maximum absolute atomic E-state index is 13.5. The highest BCUT2D eigenvalue weighted by Gasteiger charge is 2.13. The van der Waals surface area contributed by atoms with Crippen LogP contribution >= 0.6 is 0 Å². The van der Waals surface area contributed by atoms with Gasteiger partial charge in [-0.25, -0.2) is 13.8 Å². The predicted molar refractivity (Wildman–Crippen MR) is 134 cm³/mol. The largest absolute Gasteiger partial charge is 0.386 e. The fourth-order valence-corrected chi connectivity index (χ4v) is 3.65. The van der Waals surface area contributed by atoms with E-state index in [2.05, 4.69) is 37.8 Å². The van der Waals surface area contributed by atoms with Crippen LogP contribution in [0.15, 0.2) is 59.9 Å². The van der Waals surface area contributed by atoms with E-state index in [9.17, 15) is 18.4 Å². The van der Waals surface area contributed by atoms with Gasteiger partial charge in [0, 0.05) is 31.2 Å². The Balaban J connectivity index is 1.46. The first-order valence-corrected chi connectivity index (χ1v) is 10.9. The summed E-state index contributed by atoms with van der Waals surface area (Å²) in [6.07, 6.45) is 4.13. The van der Waals surface area contributed by atoms with Gasteiger partial charge >= 0.3 is 0 Å². The normalized spacial score (nSPS) is 10.4. The minimum atomic E-state index is -1.02. The van der Waals surface area contributed by atoms with Gasteiger partial charge in [-0.15, -0.1) is 0 Å². The molecule has 0 atom stereocenters. The zero-order valence-corrected chi connectivity index (χ0v) is 19.5. The van der Waals surface area contributed by atoms with E-state index in [0.717, 1.165) is 50.7 Å². The van der Waals surface area contributed by atoms with Gasteiger partial charge in [0.2, 0.25) is 0 Å². The van der Waals surface area contributed by atoms with Crippen molar-refractivity contribution >= 4 is 28.2 Å². The van der Waals surface area contributed by atoms with Crippen LogP contribution in [0.5, 0.6) is 0 Å². The summed E-state index contributed by atoms with van der Waals surface area (Å²) in [6.45, 7) is -0.0628. The molecule has 0 fully saturated rings. The lowest BCUT2D eigenvalue weighted by atomic mass is 10.1. The number of carbonyl (C=O) groups is 1. The first kappa shape index (κ1) is 24.3. The monoisotopic (exact) mass is 488 g/mol. The van der Waals surface area contributed by atoms with Crippen molar-refractivity contribution < 1.29 is 13.6 Å². The highest BCUT2D eigenvalue weighted by molar-refractivity contribution is 5.98. The molecule has 0 saturated carbocycles. The van der Waals surface area contributed by atoms with E-state index in [0.29, 0.717) is 5.56 Å². The molecule has 0 unspecified atom stereocenters. The van der Waals surface area contributed by atoms with Gasteiger partial charge < -0.3 is 16.0 Å². The second-order valence-corrected chi connectivity index (χ2v) is 7.75. The summed E-state index contributed by atoms with van der Waals surface area (Å²) in [5.74, 6) is 3.23. The number of hydrogen-bond acceptors (Lipinski definition) is 6. The number of amides is 1. The smallest absolute Gasteiger partial charge is 0.266 e. The molecule has 4 aromatic rings. The second kappa shape index (κ2) is 10.7. The lowest BCUT2D eigenvalue weighted by Crippen LogP contribution is -2.33. The van der Waals surface area contributed by atoms with Crippen molar-refractivity contribution in [3.05, 3.63) is 93.8 Å². The van der Waals surface area contributed by atoms with Crippen molar-refractivity contribution in [2.45, 2.75) is 6.54 Å². The van der Waals surface area contributed by atoms with E-state index < -0.39 is 23.1 Å². The highest BCUT2D eigenvalue weighted by Crippen LogP contribution is 2.29. The summed E-state index contributed by atoms with van der Waals surface area (Å²) in [7, 11) is 3.64. The maximum Gasteiger partial charge on any atom is 0.266 e. The van der Waals surface area contributed by atoms with Crippen LogP contribution < -0.4 is 21.5 Å². The molecule has 0 saturated heterocycles. The van der Waals surface area contributed by atoms with Gasteiger partial charge in [0.25, 0.3) is 11.5 Å². The molecule has 0 aliphatic heterocycles. The third-order valence-corrected chi connectivity index (χ3v) is 5.44. The maximum atomic E-state index is 13.5. The van der Waals surface area contributed by atoms with E-state index in [1.54, 1.807) is 6.20 Å².